The number of hydrogen-bond donors (Lipinski definition) is 1. The van der Waals surface area contributed by atoms with Gasteiger partial charge < -0.3 is 5.73 Å². The van der Waals surface area contributed by atoms with Crippen LogP contribution in [0.5, 0.6) is 0 Å². The first kappa shape index (κ1) is 10.1. The molecule has 0 aromatic heterocycles. The lowest BCUT2D eigenvalue weighted by Gasteiger charge is -2.08. The third-order valence-electron chi connectivity index (χ3n) is 2.37. The Kier molecular flexibility index (Phi) is 2.65. The molecule has 0 heterocycles. The Hall–Kier alpha value is -1.47. The Bertz CT molecular complexity index is 492. The summed E-state index contributed by atoms with van der Waals surface area (Å²) in [5.41, 5.74) is 9.86. The van der Waals surface area contributed by atoms with Crippen LogP contribution in [0.1, 0.15) is 5.56 Å². The Labute approximate surface area is 94.5 Å². The van der Waals surface area contributed by atoms with Gasteiger partial charge in [0.25, 0.3) is 0 Å². The summed E-state index contributed by atoms with van der Waals surface area (Å²) in [6.45, 7) is 2.02. The minimum atomic E-state index is 0.730. The van der Waals surface area contributed by atoms with Crippen LogP contribution in [0, 0.1) is 6.92 Å². The average Bonchev–Trinajstić information content (AvgIpc) is 2.20. The van der Waals surface area contributed by atoms with Crippen molar-refractivity contribution in [3.8, 4) is 11.1 Å². The van der Waals surface area contributed by atoms with Crippen LogP contribution in [-0.4, -0.2) is 0 Å². The molecule has 0 aliphatic heterocycles. The van der Waals surface area contributed by atoms with Crippen LogP contribution in [0.25, 0.3) is 11.1 Å². The molecule has 0 atom stereocenters. The van der Waals surface area contributed by atoms with Gasteiger partial charge in [0.1, 0.15) is 0 Å². The van der Waals surface area contributed by atoms with Gasteiger partial charge in [0.05, 0.1) is 0 Å². The van der Waals surface area contributed by atoms with Crippen molar-refractivity contribution in [2.24, 2.45) is 0 Å². The molecule has 0 unspecified atom stereocenters. The van der Waals surface area contributed by atoms with Gasteiger partial charge in [-0.05, 0) is 24.6 Å². The van der Waals surface area contributed by atoms with Crippen LogP contribution in [-0.2, 0) is 0 Å². The van der Waals surface area contributed by atoms with Gasteiger partial charge in [-0.3, -0.25) is 0 Å². The van der Waals surface area contributed by atoms with Crippen LogP contribution in [0.4, 0.5) is 5.69 Å². The topological polar surface area (TPSA) is 26.0 Å². The average molecular weight is 218 g/mol. The highest BCUT2D eigenvalue weighted by Gasteiger charge is 2.05. The number of benzene rings is 2. The van der Waals surface area contributed by atoms with E-state index in [-0.39, 0.29) is 0 Å². The lowest BCUT2D eigenvalue weighted by Crippen LogP contribution is -1.91. The van der Waals surface area contributed by atoms with Gasteiger partial charge in [-0.2, -0.15) is 0 Å². The minimum Gasteiger partial charge on any atom is -0.398 e. The highest BCUT2D eigenvalue weighted by atomic mass is 35.5. The molecule has 0 aliphatic carbocycles. The molecular weight excluding hydrogens is 206 g/mol. The summed E-state index contributed by atoms with van der Waals surface area (Å²) in [5.74, 6) is 0. The SMILES string of the molecule is Cc1ccc(-c2ccccc2Cl)c(N)c1. The Morgan fingerprint density at radius 1 is 1.00 bits per heavy atom. The van der Waals surface area contributed by atoms with E-state index in [0.717, 1.165) is 27.4 Å². The fourth-order valence-corrected chi connectivity index (χ4v) is 1.84. The first-order valence-electron chi connectivity index (χ1n) is 4.79. The molecular formula is C13H12ClN. The molecule has 2 aromatic carbocycles. The molecule has 0 radical (unpaired) electrons. The van der Waals surface area contributed by atoms with E-state index in [2.05, 4.69) is 0 Å². The number of aryl methyl sites for hydroxylation is 1. The van der Waals surface area contributed by atoms with Crippen LogP contribution in [0.15, 0.2) is 42.5 Å². The summed E-state index contributed by atoms with van der Waals surface area (Å²) in [4.78, 5) is 0. The van der Waals surface area contributed by atoms with Gasteiger partial charge >= 0.3 is 0 Å². The van der Waals surface area contributed by atoms with E-state index in [4.69, 9.17) is 17.3 Å². The summed E-state index contributed by atoms with van der Waals surface area (Å²) in [5, 5.41) is 0.730. The monoisotopic (exact) mass is 217 g/mol. The fraction of sp³-hybridized carbons (Fsp3) is 0.0769. The highest BCUT2D eigenvalue weighted by Crippen LogP contribution is 2.31. The molecule has 1 nitrogen and oxygen atoms in total. The van der Waals surface area contributed by atoms with Gasteiger partial charge in [0.2, 0.25) is 0 Å². The lowest BCUT2D eigenvalue weighted by molar-refractivity contribution is 1.47. The van der Waals surface area contributed by atoms with E-state index < -0.39 is 0 Å². The predicted molar refractivity (Wildman–Crippen MR) is 66.0 cm³/mol. The molecule has 15 heavy (non-hydrogen) atoms. The normalized spacial score (nSPS) is 10.3. The second-order valence-electron chi connectivity index (χ2n) is 3.57. The maximum Gasteiger partial charge on any atom is 0.0485 e. The Balaban J connectivity index is 2.60. The van der Waals surface area contributed by atoms with Crippen molar-refractivity contribution in [3.05, 3.63) is 53.1 Å². The van der Waals surface area contributed by atoms with Crippen molar-refractivity contribution in [2.45, 2.75) is 6.92 Å². The van der Waals surface area contributed by atoms with Crippen molar-refractivity contribution in [3.63, 3.8) is 0 Å². The molecule has 0 aliphatic rings. The van der Waals surface area contributed by atoms with Gasteiger partial charge in [0.15, 0.2) is 0 Å². The first-order valence-corrected chi connectivity index (χ1v) is 5.17. The van der Waals surface area contributed by atoms with E-state index >= 15 is 0 Å². The zero-order chi connectivity index (χ0) is 10.8. The first-order chi connectivity index (χ1) is 7.18. The molecule has 0 spiro atoms. The molecule has 76 valence electrons. The van der Waals surface area contributed by atoms with Crippen molar-refractivity contribution in [1.82, 2.24) is 0 Å². The van der Waals surface area contributed by atoms with Crippen molar-refractivity contribution in [1.29, 1.82) is 0 Å². The highest BCUT2D eigenvalue weighted by molar-refractivity contribution is 6.33. The quantitative estimate of drug-likeness (QED) is 0.721. The number of nitrogens with two attached hydrogens (primary N) is 1. The zero-order valence-corrected chi connectivity index (χ0v) is 9.25. The summed E-state index contributed by atoms with van der Waals surface area (Å²) in [6.07, 6.45) is 0. The second-order valence-corrected chi connectivity index (χ2v) is 3.98. The minimum absolute atomic E-state index is 0.730. The zero-order valence-electron chi connectivity index (χ0n) is 8.50. The summed E-state index contributed by atoms with van der Waals surface area (Å²) >= 11 is 6.11. The van der Waals surface area contributed by atoms with Crippen molar-refractivity contribution >= 4 is 17.3 Å². The molecule has 2 aromatic rings. The smallest absolute Gasteiger partial charge is 0.0485 e. The molecule has 0 saturated heterocycles. The number of anilines is 1. The van der Waals surface area contributed by atoms with Crippen molar-refractivity contribution in [2.75, 3.05) is 5.73 Å². The van der Waals surface area contributed by atoms with Gasteiger partial charge in [-0.1, -0.05) is 41.9 Å². The molecule has 0 fully saturated rings. The summed E-state index contributed by atoms with van der Waals surface area (Å²) in [7, 11) is 0. The molecule has 2 N–H and O–H groups in total. The number of rotatable bonds is 1. The van der Waals surface area contributed by atoms with Gasteiger partial charge in [-0.25, -0.2) is 0 Å². The van der Waals surface area contributed by atoms with E-state index in [9.17, 15) is 0 Å². The lowest BCUT2D eigenvalue weighted by atomic mass is 10.0. The summed E-state index contributed by atoms with van der Waals surface area (Å²) < 4.78 is 0. The molecule has 0 amide bonds. The predicted octanol–water partition coefficient (Wildman–Crippen LogP) is 3.90. The number of hydrogen-bond acceptors (Lipinski definition) is 1. The van der Waals surface area contributed by atoms with E-state index in [1.165, 1.54) is 0 Å². The number of nitrogen functional groups attached to an aromatic ring is 1. The fourth-order valence-electron chi connectivity index (χ4n) is 1.61. The largest absolute Gasteiger partial charge is 0.398 e. The second kappa shape index (κ2) is 3.95. The Morgan fingerprint density at radius 3 is 2.40 bits per heavy atom. The third kappa shape index (κ3) is 1.97. The maximum atomic E-state index is 6.11. The molecule has 2 heteroatoms. The maximum absolute atomic E-state index is 6.11. The standard InChI is InChI=1S/C13H12ClN/c1-9-6-7-11(13(15)8-9)10-4-2-3-5-12(10)14/h2-8H,15H2,1H3. The molecule has 0 bridgehead atoms. The summed E-state index contributed by atoms with van der Waals surface area (Å²) in [6, 6.07) is 13.7. The number of halogens is 1. The molecule has 2 rings (SSSR count). The Morgan fingerprint density at radius 2 is 1.73 bits per heavy atom. The van der Waals surface area contributed by atoms with Gasteiger partial charge in [-0.15, -0.1) is 0 Å². The van der Waals surface area contributed by atoms with Crippen LogP contribution < -0.4 is 5.73 Å². The van der Waals surface area contributed by atoms with Crippen LogP contribution in [0.2, 0.25) is 5.02 Å². The third-order valence-corrected chi connectivity index (χ3v) is 2.70. The van der Waals surface area contributed by atoms with Gasteiger partial charge in [0, 0.05) is 21.8 Å². The van der Waals surface area contributed by atoms with Crippen LogP contribution in [0.3, 0.4) is 0 Å². The van der Waals surface area contributed by atoms with E-state index in [0.29, 0.717) is 0 Å². The van der Waals surface area contributed by atoms with Crippen LogP contribution >= 0.6 is 11.6 Å². The van der Waals surface area contributed by atoms with E-state index in [1.807, 2.05) is 49.4 Å². The van der Waals surface area contributed by atoms with Crippen molar-refractivity contribution < 1.29 is 0 Å². The molecule has 0 saturated carbocycles. The van der Waals surface area contributed by atoms with E-state index in [1.54, 1.807) is 0 Å².